The lowest BCUT2D eigenvalue weighted by molar-refractivity contribution is -0.124. The van der Waals surface area contributed by atoms with Crippen molar-refractivity contribution in [2.24, 2.45) is 11.3 Å². The van der Waals surface area contributed by atoms with E-state index in [9.17, 15) is 18.0 Å². The first-order valence-corrected chi connectivity index (χ1v) is 12.9. The minimum absolute atomic E-state index is 0.0661. The molecule has 0 unspecified atom stereocenters. The van der Waals surface area contributed by atoms with Gasteiger partial charge in [-0.1, -0.05) is 39.0 Å². The van der Waals surface area contributed by atoms with E-state index >= 15 is 0 Å². The predicted molar refractivity (Wildman–Crippen MR) is 122 cm³/mol. The molecule has 2 aliphatic rings. The molecule has 7 nitrogen and oxygen atoms in total. The normalized spacial score (nSPS) is 22.3. The van der Waals surface area contributed by atoms with Crippen LogP contribution in [-0.2, 0) is 32.2 Å². The van der Waals surface area contributed by atoms with Crippen molar-refractivity contribution in [1.82, 2.24) is 10.3 Å². The van der Waals surface area contributed by atoms with E-state index in [0.29, 0.717) is 17.9 Å². The van der Waals surface area contributed by atoms with Crippen molar-refractivity contribution in [3.8, 4) is 0 Å². The Morgan fingerprint density at radius 3 is 2.62 bits per heavy atom. The molecule has 1 aliphatic carbocycles. The first-order chi connectivity index (χ1) is 15.0. The molecule has 2 atom stereocenters. The Bertz CT molecular complexity index is 1170. The van der Waals surface area contributed by atoms with Crippen LogP contribution >= 0.6 is 0 Å². The van der Waals surface area contributed by atoms with Crippen molar-refractivity contribution in [3.05, 3.63) is 41.1 Å². The fraction of sp³-hybridized carbons (Fsp3) is 0.542. The summed E-state index contributed by atoms with van der Waals surface area (Å²) in [5.74, 6) is -0.605. The van der Waals surface area contributed by atoms with Gasteiger partial charge < -0.3 is 10.1 Å². The van der Waals surface area contributed by atoms with Crippen LogP contribution < -0.4 is 5.32 Å². The topological polar surface area (TPSA) is 102 Å². The molecule has 2 aromatic rings. The molecule has 1 amide bonds. The van der Waals surface area contributed by atoms with E-state index in [-0.39, 0.29) is 16.9 Å². The molecule has 1 aromatic carbocycles. The number of nitrogens with one attached hydrogen (secondary N) is 1. The zero-order chi connectivity index (χ0) is 23.1. The Labute approximate surface area is 188 Å². The van der Waals surface area contributed by atoms with Crippen LogP contribution in [0.4, 0.5) is 0 Å². The number of hydrogen-bond donors (Lipinski definition) is 1. The maximum atomic E-state index is 13.2. The van der Waals surface area contributed by atoms with E-state index in [4.69, 9.17) is 9.72 Å². The van der Waals surface area contributed by atoms with Crippen molar-refractivity contribution >= 4 is 32.6 Å². The highest BCUT2D eigenvalue weighted by Gasteiger charge is 2.33. The summed E-state index contributed by atoms with van der Waals surface area (Å²) in [5, 5.41) is 3.39. The predicted octanol–water partition coefficient (Wildman–Crippen LogP) is 2.85. The number of rotatable bonds is 4. The van der Waals surface area contributed by atoms with Crippen LogP contribution in [0.5, 0.6) is 0 Å². The molecular weight excluding hydrogens is 428 g/mol. The van der Waals surface area contributed by atoms with Crippen molar-refractivity contribution in [2.45, 2.75) is 52.5 Å². The summed E-state index contributed by atoms with van der Waals surface area (Å²) in [6.07, 6.45) is 2.95. The van der Waals surface area contributed by atoms with Crippen molar-refractivity contribution in [3.63, 3.8) is 0 Å². The van der Waals surface area contributed by atoms with Gasteiger partial charge in [0, 0.05) is 17.1 Å². The molecule has 172 valence electrons. The van der Waals surface area contributed by atoms with Gasteiger partial charge in [-0.25, -0.2) is 13.2 Å². The van der Waals surface area contributed by atoms with E-state index in [1.807, 2.05) is 24.3 Å². The Morgan fingerprint density at radius 1 is 1.19 bits per heavy atom. The lowest BCUT2D eigenvalue weighted by Crippen LogP contribution is -2.38. The molecule has 4 rings (SSSR count). The number of nitrogens with zero attached hydrogens (tertiary/aromatic N) is 1. The van der Waals surface area contributed by atoms with Gasteiger partial charge >= 0.3 is 5.97 Å². The van der Waals surface area contributed by atoms with Crippen LogP contribution in [0.2, 0.25) is 0 Å². The lowest BCUT2D eigenvalue weighted by Gasteiger charge is -2.35. The molecule has 1 aromatic heterocycles. The van der Waals surface area contributed by atoms with E-state index in [1.165, 1.54) is 0 Å². The SMILES string of the molecule is CC(C)(C)[C@@H]1CCc2nc3ccccc3c(C(=O)OCC(=O)N[C@@H]3CCS(=O)(=O)C3)c2C1. The number of carbonyl (C=O) groups excluding carboxylic acids is 2. The number of carbonyl (C=O) groups is 2. The van der Waals surface area contributed by atoms with Gasteiger partial charge in [0.2, 0.25) is 0 Å². The van der Waals surface area contributed by atoms with Crippen LogP contribution in [0, 0.1) is 11.3 Å². The zero-order valence-corrected chi connectivity index (χ0v) is 19.6. The quantitative estimate of drug-likeness (QED) is 0.707. The van der Waals surface area contributed by atoms with Gasteiger partial charge in [-0.2, -0.15) is 0 Å². The number of pyridine rings is 1. The van der Waals surface area contributed by atoms with E-state index < -0.39 is 34.4 Å². The number of benzene rings is 1. The highest BCUT2D eigenvalue weighted by atomic mass is 32.2. The maximum Gasteiger partial charge on any atom is 0.339 e. The third-order valence-electron chi connectivity index (χ3n) is 6.62. The molecule has 2 heterocycles. The maximum absolute atomic E-state index is 13.2. The second-order valence-electron chi connectivity index (χ2n) is 9.98. The summed E-state index contributed by atoms with van der Waals surface area (Å²) in [6.45, 7) is 6.19. The number of amides is 1. The summed E-state index contributed by atoms with van der Waals surface area (Å²) in [7, 11) is -3.10. The van der Waals surface area contributed by atoms with Gasteiger partial charge in [-0.3, -0.25) is 9.78 Å². The second kappa shape index (κ2) is 8.46. The van der Waals surface area contributed by atoms with E-state index in [0.717, 1.165) is 41.4 Å². The second-order valence-corrected chi connectivity index (χ2v) is 12.2. The van der Waals surface area contributed by atoms with Crippen molar-refractivity contribution in [1.29, 1.82) is 0 Å². The third kappa shape index (κ3) is 4.80. The number of ether oxygens (including phenoxy) is 1. The Balaban J connectivity index is 1.56. The standard InChI is InChI=1S/C24H30N2O5S/c1-24(2,3)15-8-9-20-18(12-15)22(17-6-4-5-7-19(17)26-20)23(28)31-13-21(27)25-16-10-11-32(29,30)14-16/h4-7,15-16H,8-14H2,1-3H3,(H,25,27)/t15-,16-/m1/s1. The highest BCUT2D eigenvalue weighted by molar-refractivity contribution is 7.91. The van der Waals surface area contributed by atoms with Crippen LogP contribution in [0.1, 0.15) is 55.2 Å². The largest absolute Gasteiger partial charge is 0.452 e. The number of aromatic nitrogens is 1. The summed E-state index contributed by atoms with van der Waals surface area (Å²) in [5.41, 5.74) is 3.19. The summed E-state index contributed by atoms with van der Waals surface area (Å²) in [6, 6.07) is 7.08. The lowest BCUT2D eigenvalue weighted by atomic mass is 9.70. The molecule has 32 heavy (non-hydrogen) atoms. The molecule has 1 aliphatic heterocycles. The first-order valence-electron chi connectivity index (χ1n) is 11.1. The smallest absolute Gasteiger partial charge is 0.339 e. The number of aryl methyl sites for hydroxylation is 1. The number of esters is 1. The van der Waals surface area contributed by atoms with Crippen LogP contribution in [0.25, 0.3) is 10.9 Å². The summed E-state index contributed by atoms with van der Waals surface area (Å²) < 4.78 is 28.6. The first kappa shape index (κ1) is 22.7. The van der Waals surface area contributed by atoms with Crippen LogP contribution in [0.15, 0.2) is 24.3 Å². The van der Waals surface area contributed by atoms with Gasteiger partial charge in [0.05, 0.1) is 22.6 Å². The van der Waals surface area contributed by atoms with Gasteiger partial charge in [-0.05, 0) is 48.6 Å². The molecule has 0 saturated carbocycles. The fourth-order valence-corrected chi connectivity index (χ4v) is 6.42. The number of sulfone groups is 1. The molecule has 1 saturated heterocycles. The zero-order valence-electron chi connectivity index (χ0n) is 18.8. The Kier molecular flexibility index (Phi) is 6.00. The molecule has 0 spiro atoms. The molecule has 1 fully saturated rings. The van der Waals surface area contributed by atoms with E-state index in [1.54, 1.807) is 0 Å². The summed E-state index contributed by atoms with van der Waals surface area (Å²) >= 11 is 0. The van der Waals surface area contributed by atoms with Crippen LogP contribution in [-0.4, -0.2) is 49.4 Å². The van der Waals surface area contributed by atoms with Gasteiger partial charge in [-0.15, -0.1) is 0 Å². The highest BCUT2D eigenvalue weighted by Crippen LogP contribution is 2.39. The third-order valence-corrected chi connectivity index (χ3v) is 8.39. The summed E-state index contributed by atoms with van der Waals surface area (Å²) in [4.78, 5) is 30.3. The number of para-hydroxylation sites is 1. The molecular formula is C24H30N2O5S. The number of hydrogen-bond acceptors (Lipinski definition) is 6. The minimum Gasteiger partial charge on any atom is -0.452 e. The molecule has 0 bridgehead atoms. The van der Waals surface area contributed by atoms with E-state index in [2.05, 4.69) is 26.1 Å². The Morgan fingerprint density at radius 2 is 1.94 bits per heavy atom. The molecule has 0 radical (unpaired) electrons. The van der Waals surface area contributed by atoms with Gasteiger partial charge in [0.15, 0.2) is 16.4 Å². The molecule has 8 heteroatoms. The van der Waals surface area contributed by atoms with Crippen LogP contribution in [0.3, 0.4) is 0 Å². The van der Waals surface area contributed by atoms with Gasteiger partial charge in [0.25, 0.3) is 5.91 Å². The fourth-order valence-electron chi connectivity index (χ4n) is 4.74. The minimum atomic E-state index is -3.10. The average Bonchev–Trinajstić information content (AvgIpc) is 3.07. The van der Waals surface area contributed by atoms with Crippen molar-refractivity contribution < 1.29 is 22.7 Å². The Hall–Kier alpha value is -2.48. The molecule has 1 N–H and O–H groups in total. The van der Waals surface area contributed by atoms with Crippen molar-refractivity contribution in [2.75, 3.05) is 18.1 Å². The monoisotopic (exact) mass is 458 g/mol. The van der Waals surface area contributed by atoms with Gasteiger partial charge in [0.1, 0.15) is 0 Å². The average molecular weight is 459 g/mol. The number of fused-ring (bicyclic) bond motifs is 2.